The molecule has 0 saturated heterocycles. The lowest BCUT2D eigenvalue weighted by molar-refractivity contribution is 0.377. The van der Waals surface area contributed by atoms with Gasteiger partial charge < -0.3 is 9.84 Å². The van der Waals surface area contributed by atoms with E-state index in [2.05, 4.69) is 42.4 Å². The van der Waals surface area contributed by atoms with Crippen LogP contribution in [0, 0.1) is 6.92 Å². The molecule has 1 N–H and O–H groups in total. The van der Waals surface area contributed by atoms with Crippen molar-refractivity contribution >= 4 is 42.6 Å². The third-order valence-electron chi connectivity index (χ3n) is 2.53. The maximum atomic E-state index is 5.05. The summed E-state index contributed by atoms with van der Waals surface area (Å²) in [7, 11) is 0. The van der Waals surface area contributed by atoms with E-state index in [-0.39, 0.29) is 0 Å². The van der Waals surface area contributed by atoms with E-state index in [1.54, 1.807) is 11.3 Å². The van der Waals surface area contributed by atoms with Gasteiger partial charge in [0.1, 0.15) is 0 Å². The van der Waals surface area contributed by atoms with Crippen molar-refractivity contribution in [3.8, 4) is 0 Å². The lowest BCUT2D eigenvalue weighted by Gasteiger charge is -1.97. The molecule has 98 valence electrons. The lowest BCUT2D eigenvalue weighted by atomic mass is 10.3. The summed E-state index contributed by atoms with van der Waals surface area (Å²) in [6.45, 7) is 2.54. The summed E-state index contributed by atoms with van der Waals surface area (Å²) in [5, 5.41) is 7.94. The lowest BCUT2D eigenvalue weighted by Crippen LogP contribution is -2.04. The minimum absolute atomic E-state index is 0.647. The molecular weight excluding hydrogens is 328 g/mol. The Morgan fingerprint density at radius 3 is 3.05 bits per heavy atom. The first-order chi connectivity index (χ1) is 9.20. The number of halogens is 1. The van der Waals surface area contributed by atoms with Crippen LogP contribution in [-0.4, -0.2) is 21.7 Å². The highest BCUT2D eigenvalue weighted by molar-refractivity contribution is 9.10. The van der Waals surface area contributed by atoms with Crippen LogP contribution in [0.4, 0.5) is 5.13 Å². The van der Waals surface area contributed by atoms with Gasteiger partial charge in [-0.2, -0.15) is 4.98 Å². The molecule has 1 aromatic carbocycles. The van der Waals surface area contributed by atoms with Crippen LogP contribution in [-0.2, 0) is 6.42 Å². The number of rotatable bonds is 4. The molecule has 0 amide bonds. The second kappa shape index (κ2) is 5.26. The van der Waals surface area contributed by atoms with E-state index < -0.39 is 0 Å². The van der Waals surface area contributed by atoms with Crippen molar-refractivity contribution in [1.82, 2.24) is 15.1 Å². The highest BCUT2D eigenvalue weighted by atomic mass is 79.9. The van der Waals surface area contributed by atoms with Gasteiger partial charge in [-0.25, -0.2) is 4.98 Å². The maximum absolute atomic E-state index is 5.05. The van der Waals surface area contributed by atoms with Gasteiger partial charge in [0.2, 0.25) is 5.89 Å². The van der Waals surface area contributed by atoms with Crippen LogP contribution < -0.4 is 5.32 Å². The first-order valence-corrected chi connectivity index (χ1v) is 7.41. The van der Waals surface area contributed by atoms with Crippen molar-refractivity contribution in [2.75, 3.05) is 11.9 Å². The first-order valence-electron chi connectivity index (χ1n) is 5.80. The number of benzene rings is 1. The van der Waals surface area contributed by atoms with Crippen LogP contribution in [0.15, 0.2) is 27.2 Å². The molecule has 19 heavy (non-hydrogen) atoms. The fraction of sp³-hybridized carbons (Fsp3) is 0.250. The van der Waals surface area contributed by atoms with Crippen LogP contribution in [0.1, 0.15) is 11.7 Å². The number of nitrogens with zero attached hydrogens (tertiary/aromatic N) is 3. The minimum atomic E-state index is 0.647. The molecular formula is C12H11BrN4OS. The van der Waals surface area contributed by atoms with Crippen LogP contribution in [0.2, 0.25) is 0 Å². The standard InChI is InChI=1S/C12H11BrN4OS/c1-7-15-11(18-17-7)4-5-14-12-16-9-6-8(13)2-3-10(9)19-12/h2-3,6H,4-5H2,1H3,(H,14,16). The molecule has 5 nitrogen and oxygen atoms in total. The Morgan fingerprint density at radius 2 is 2.26 bits per heavy atom. The summed E-state index contributed by atoms with van der Waals surface area (Å²) >= 11 is 5.08. The SMILES string of the molecule is Cc1noc(CCNc2nc3cc(Br)ccc3s2)n1. The zero-order valence-corrected chi connectivity index (χ0v) is 12.6. The third-order valence-corrected chi connectivity index (χ3v) is 4.02. The van der Waals surface area contributed by atoms with Crippen LogP contribution >= 0.6 is 27.3 Å². The molecule has 3 aromatic rings. The fourth-order valence-corrected chi connectivity index (χ4v) is 2.91. The number of thiazole rings is 1. The predicted molar refractivity (Wildman–Crippen MR) is 78.5 cm³/mol. The number of hydrogen-bond donors (Lipinski definition) is 1. The quantitative estimate of drug-likeness (QED) is 0.789. The van der Waals surface area contributed by atoms with E-state index in [1.807, 2.05) is 19.1 Å². The Kier molecular flexibility index (Phi) is 3.48. The molecule has 0 bridgehead atoms. The summed E-state index contributed by atoms with van der Waals surface area (Å²) in [5.74, 6) is 1.31. The van der Waals surface area contributed by atoms with Crippen molar-refractivity contribution in [2.24, 2.45) is 0 Å². The van der Waals surface area contributed by atoms with Gasteiger partial charge in [0.05, 0.1) is 10.2 Å². The molecule has 0 spiro atoms. The van der Waals surface area contributed by atoms with Crippen molar-refractivity contribution in [2.45, 2.75) is 13.3 Å². The minimum Gasteiger partial charge on any atom is -0.361 e. The van der Waals surface area contributed by atoms with E-state index >= 15 is 0 Å². The number of nitrogens with one attached hydrogen (secondary N) is 1. The molecule has 0 aliphatic heterocycles. The number of fused-ring (bicyclic) bond motifs is 1. The monoisotopic (exact) mass is 338 g/mol. The van der Waals surface area contributed by atoms with Crippen LogP contribution in [0.25, 0.3) is 10.2 Å². The van der Waals surface area contributed by atoms with Gasteiger partial charge in [-0.1, -0.05) is 32.4 Å². The molecule has 0 unspecified atom stereocenters. The van der Waals surface area contributed by atoms with E-state index in [1.165, 1.54) is 4.70 Å². The Morgan fingerprint density at radius 1 is 1.37 bits per heavy atom. The second-order valence-corrected chi connectivity index (χ2v) is 5.99. The molecule has 7 heteroatoms. The topological polar surface area (TPSA) is 63.8 Å². The van der Waals surface area contributed by atoms with Gasteiger partial charge >= 0.3 is 0 Å². The van der Waals surface area contributed by atoms with Gasteiger partial charge in [-0.05, 0) is 25.1 Å². The van der Waals surface area contributed by atoms with E-state index in [0.717, 1.165) is 21.7 Å². The Labute approximate surface area is 122 Å². The van der Waals surface area contributed by atoms with Crippen molar-refractivity contribution in [3.05, 3.63) is 34.4 Å². The maximum Gasteiger partial charge on any atom is 0.228 e. The van der Waals surface area contributed by atoms with Gasteiger partial charge in [0.25, 0.3) is 0 Å². The molecule has 0 fully saturated rings. The summed E-state index contributed by atoms with van der Waals surface area (Å²) in [5.41, 5.74) is 0.996. The van der Waals surface area contributed by atoms with Crippen molar-refractivity contribution in [3.63, 3.8) is 0 Å². The van der Waals surface area contributed by atoms with Gasteiger partial charge in [0, 0.05) is 17.4 Å². The van der Waals surface area contributed by atoms with Crippen LogP contribution in [0.5, 0.6) is 0 Å². The predicted octanol–water partition coefficient (Wildman–Crippen LogP) is 3.40. The summed E-state index contributed by atoms with van der Waals surface area (Å²) < 4.78 is 7.26. The summed E-state index contributed by atoms with van der Waals surface area (Å²) in [6, 6.07) is 6.09. The fourth-order valence-electron chi connectivity index (χ4n) is 1.69. The van der Waals surface area contributed by atoms with Gasteiger partial charge in [-0.15, -0.1) is 0 Å². The Bertz CT molecular complexity index is 709. The average molecular weight is 339 g/mol. The van der Waals surface area contributed by atoms with E-state index in [0.29, 0.717) is 18.1 Å². The molecule has 0 aliphatic carbocycles. The number of hydrogen-bond acceptors (Lipinski definition) is 6. The molecule has 2 heterocycles. The first kappa shape index (κ1) is 12.6. The number of aromatic nitrogens is 3. The smallest absolute Gasteiger partial charge is 0.228 e. The van der Waals surface area contributed by atoms with E-state index in [4.69, 9.17) is 4.52 Å². The summed E-state index contributed by atoms with van der Waals surface area (Å²) in [6.07, 6.45) is 0.695. The molecule has 2 aromatic heterocycles. The normalized spacial score (nSPS) is 11.1. The average Bonchev–Trinajstić information content (AvgIpc) is 2.95. The Balaban J connectivity index is 1.65. The Hall–Kier alpha value is -1.47. The molecule has 0 aliphatic rings. The van der Waals surface area contributed by atoms with Crippen molar-refractivity contribution in [1.29, 1.82) is 0 Å². The summed E-state index contributed by atoms with van der Waals surface area (Å²) in [4.78, 5) is 8.68. The highest BCUT2D eigenvalue weighted by Gasteiger charge is 2.05. The second-order valence-electron chi connectivity index (χ2n) is 4.04. The zero-order valence-electron chi connectivity index (χ0n) is 10.2. The molecule has 0 radical (unpaired) electrons. The molecule has 0 saturated carbocycles. The third kappa shape index (κ3) is 2.93. The molecule has 0 atom stereocenters. The van der Waals surface area contributed by atoms with Gasteiger partial charge in [-0.3, -0.25) is 0 Å². The number of aryl methyl sites for hydroxylation is 1. The van der Waals surface area contributed by atoms with E-state index in [9.17, 15) is 0 Å². The van der Waals surface area contributed by atoms with Crippen molar-refractivity contribution < 1.29 is 4.52 Å². The number of anilines is 1. The largest absolute Gasteiger partial charge is 0.361 e. The van der Waals surface area contributed by atoms with Gasteiger partial charge in [0.15, 0.2) is 11.0 Å². The zero-order chi connectivity index (χ0) is 13.2. The molecule has 3 rings (SSSR count). The highest BCUT2D eigenvalue weighted by Crippen LogP contribution is 2.28. The van der Waals surface area contributed by atoms with Crippen LogP contribution in [0.3, 0.4) is 0 Å².